The number of amides is 1. The highest BCUT2D eigenvalue weighted by Gasteiger charge is 2.37. The molecule has 1 heterocycles. The van der Waals surface area contributed by atoms with Crippen LogP contribution in [0.4, 0.5) is 5.69 Å². The van der Waals surface area contributed by atoms with E-state index in [9.17, 15) is 13.2 Å². The number of carbonyl (C=O) groups is 1. The van der Waals surface area contributed by atoms with Crippen LogP contribution < -0.4 is 19.5 Å². The number of anilines is 1. The monoisotopic (exact) mass is 471 g/mol. The second-order valence-corrected chi connectivity index (χ2v) is 9.23. The van der Waals surface area contributed by atoms with E-state index in [1.807, 2.05) is 0 Å². The summed E-state index contributed by atoms with van der Waals surface area (Å²) in [7, 11) is 0.443. The van der Waals surface area contributed by atoms with Crippen molar-refractivity contribution in [3.05, 3.63) is 59.8 Å². The minimum atomic E-state index is -4.11. The largest absolute Gasteiger partial charge is 0.497 e. The third-order valence-corrected chi connectivity index (χ3v) is 6.75. The lowest BCUT2D eigenvalue weighted by atomic mass is 10.1. The van der Waals surface area contributed by atoms with E-state index < -0.39 is 16.1 Å². The van der Waals surface area contributed by atoms with Crippen LogP contribution in [0.2, 0.25) is 0 Å². The highest BCUT2D eigenvalue weighted by Crippen LogP contribution is 2.35. The maximum atomic E-state index is 13.2. The van der Waals surface area contributed by atoms with Gasteiger partial charge >= 0.3 is 10.2 Å². The normalized spacial score (nSPS) is 17.0. The molecular weight excluding hydrogens is 446 g/mol. The Kier molecular flexibility index (Phi) is 6.28. The Morgan fingerprint density at radius 1 is 1.03 bits per heavy atom. The number of allylic oxidation sites excluding steroid dienone is 1. The zero-order chi connectivity index (χ0) is 23.6. The number of benzene rings is 2. The summed E-state index contributed by atoms with van der Waals surface area (Å²) in [6.07, 6.45) is 3.33. The molecule has 2 aromatic rings. The highest BCUT2D eigenvalue weighted by atomic mass is 32.2. The molecule has 0 unspecified atom stereocenters. The average Bonchev–Trinajstić information content (AvgIpc) is 3.64. The maximum Gasteiger partial charge on any atom is 0.345 e. The van der Waals surface area contributed by atoms with Gasteiger partial charge in [0, 0.05) is 17.8 Å². The van der Waals surface area contributed by atoms with Gasteiger partial charge in [0.05, 0.1) is 27.0 Å². The molecule has 174 valence electrons. The molecule has 1 N–H and O–H groups in total. The predicted octanol–water partition coefficient (Wildman–Crippen LogP) is 2.99. The molecule has 1 aliphatic heterocycles. The molecule has 10 heteroatoms. The summed E-state index contributed by atoms with van der Waals surface area (Å²) in [6, 6.07) is 11.7. The molecule has 1 amide bonds. The number of nitrogens with zero attached hydrogens (tertiary/aromatic N) is 2. The summed E-state index contributed by atoms with van der Waals surface area (Å²) in [4.78, 5) is 13.2. The van der Waals surface area contributed by atoms with Crippen LogP contribution in [0.1, 0.15) is 18.4 Å². The SMILES string of the molecule is COc1ccc(NC(=O)C2=CC(c3ccc(OC)c(OC)c3)=NS(=O)(=O)N2CC2CC2)cc1. The van der Waals surface area contributed by atoms with Crippen molar-refractivity contribution in [3.63, 3.8) is 0 Å². The molecule has 2 aliphatic rings. The summed E-state index contributed by atoms with van der Waals surface area (Å²) in [5.74, 6) is 1.24. The van der Waals surface area contributed by atoms with Crippen molar-refractivity contribution in [2.24, 2.45) is 10.3 Å². The first-order chi connectivity index (χ1) is 15.8. The van der Waals surface area contributed by atoms with E-state index >= 15 is 0 Å². The Balaban J connectivity index is 1.71. The standard InChI is InChI=1S/C23H25N3O6S/c1-30-18-9-7-17(8-10-18)24-23(27)20-13-19(16-6-11-21(31-2)22(12-16)32-3)25-33(28,29)26(20)14-15-4-5-15/h6-13,15H,4-5,14H2,1-3H3,(H,24,27). The van der Waals surface area contributed by atoms with Gasteiger partial charge in [-0.2, -0.15) is 8.42 Å². The van der Waals surface area contributed by atoms with E-state index in [4.69, 9.17) is 14.2 Å². The lowest BCUT2D eigenvalue weighted by molar-refractivity contribution is -0.113. The molecule has 9 nitrogen and oxygen atoms in total. The second-order valence-electron chi connectivity index (χ2n) is 7.71. The highest BCUT2D eigenvalue weighted by molar-refractivity contribution is 7.88. The van der Waals surface area contributed by atoms with Crippen molar-refractivity contribution in [2.75, 3.05) is 33.2 Å². The van der Waals surface area contributed by atoms with Crippen LogP contribution in [0, 0.1) is 5.92 Å². The lowest BCUT2D eigenvalue weighted by Gasteiger charge is -2.27. The van der Waals surface area contributed by atoms with Crippen molar-refractivity contribution in [1.29, 1.82) is 0 Å². The van der Waals surface area contributed by atoms with Crippen molar-refractivity contribution in [3.8, 4) is 17.2 Å². The van der Waals surface area contributed by atoms with Gasteiger partial charge in [0.15, 0.2) is 11.5 Å². The van der Waals surface area contributed by atoms with Gasteiger partial charge in [-0.05, 0) is 67.3 Å². The lowest BCUT2D eigenvalue weighted by Crippen LogP contribution is -2.39. The number of ether oxygens (including phenoxy) is 3. The van der Waals surface area contributed by atoms with Crippen LogP contribution in [0.5, 0.6) is 17.2 Å². The first-order valence-corrected chi connectivity index (χ1v) is 11.8. The van der Waals surface area contributed by atoms with Gasteiger partial charge in [0.2, 0.25) is 0 Å². The molecule has 0 saturated heterocycles. The fourth-order valence-electron chi connectivity index (χ4n) is 3.43. The molecule has 0 atom stereocenters. The predicted molar refractivity (Wildman–Crippen MR) is 124 cm³/mol. The van der Waals surface area contributed by atoms with Crippen LogP contribution >= 0.6 is 0 Å². The Morgan fingerprint density at radius 3 is 2.33 bits per heavy atom. The van der Waals surface area contributed by atoms with Gasteiger partial charge in [0.25, 0.3) is 5.91 Å². The summed E-state index contributed by atoms with van der Waals surface area (Å²) >= 11 is 0. The molecule has 0 aromatic heterocycles. The molecule has 0 spiro atoms. The smallest absolute Gasteiger partial charge is 0.345 e. The van der Waals surface area contributed by atoms with E-state index in [2.05, 4.69) is 9.71 Å². The molecule has 2 aromatic carbocycles. The van der Waals surface area contributed by atoms with Crippen molar-refractivity contribution in [2.45, 2.75) is 12.8 Å². The topological polar surface area (TPSA) is 107 Å². The van der Waals surface area contributed by atoms with Gasteiger partial charge in [0.1, 0.15) is 11.4 Å². The number of methoxy groups -OCH3 is 3. The van der Waals surface area contributed by atoms with Crippen molar-refractivity contribution in [1.82, 2.24) is 4.31 Å². The van der Waals surface area contributed by atoms with Gasteiger partial charge in [-0.25, -0.2) is 4.31 Å². The number of hydrogen-bond donors (Lipinski definition) is 1. The fraction of sp³-hybridized carbons (Fsp3) is 0.304. The third kappa shape index (κ3) is 4.95. The minimum absolute atomic E-state index is 0.0116. The molecule has 1 aliphatic carbocycles. The maximum absolute atomic E-state index is 13.2. The number of carbonyl (C=O) groups excluding carboxylic acids is 1. The first-order valence-electron chi connectivity index (χ1n) is 10.4. The summed E-state index contributed by atoms with van der Waals surface area (Å²) in [6.45, 7) is 0.215. The Bertz CT molecular complexity index is 1220. The zero-order valence-corrected chi connectivity index (χ0v) is 19.4. The van der Waals surface area contributed by atoms with Gasteiger partial charge < -0.3 is 19.5 Å². The van der Waals surface area contributed by atoms with Crippen LogP contribution in [-0.4, -0.2) is 52.2 Å². The van der Waals surface area contributed by atoms with Gasteiger partial charge in [-0.3, -0.25) is 4.79 Å². The number of nitrogens with one attached hydrogen (secondary N) is 1. The van der Waals surface area contributed by atoms with Crippen LogP contribution in [0.15, 0.2) is 58.6 Å². The van der Waals surface area contributed by atoms with Gasteiger partial charge in [-0.15, -0.1) is 4.40 Å². The minimum Gasteiger partial charge on any atom is -0.497 e. The van der Waals surface area contributed by atoms with E-state index in [0.717, 1.165) is 17.1 Å². The van der Waals surface area contributed by atoms with Gasteiger partial charge in [-0.1, -0.05) is 0 Å². The van der Waals surface area contributed by atoms with Crippen molar-refractivity contribution >= 4 is 27.5 Å². The summed E-state index contributed by atoms with van der Waals surface area (Å²) < 4.78 is 47.0. The van der Waals surface area contributed by atoms with E-state index in [-0.39, 0.29) is 23.9 Å². The van der Waals surface area contributed by atoms with Crippen LogP contribution in [0.25, 0.3) is 0 Å². The average molecular weight is 472 g/mol. The fourth-order valence-corrected chi connectivity index (χ4v) is 4.72. The molecular formula is C23H25N3O6S. The van der Waals surface area contributed by atoms with E-state index in [1.54, 1.807) is 49.6 Å². The zero-order valence-electron chi connectivity index (χ0n) is 18.6. The summed E-state index contributed by atoms with van der Waals surface area (Å²) in [5.41, 5.74) is 1.15. The number of hydrogen-bond acceptors (Lipinski definition) is 6. The number of rotatable bonds is 8. The molecule has 0 radical (unpaired) electrons. The van der Waals surface area contributed by atoms with Crippen molar-refractivity contribution < 1.29 is 27.4 Å². The third-order valence-electron chi connectivity index (χ3n) is 5.42. The first kappa shape index (κ1) is 22.7. The van der Waals surface area contributed by atoms with Crippen LogP contribution in [0.3, 0.4) is 0 Å². The van der Waals surface area contributed by atoms with E-state index in [0.29, 0.717) is 28.5 Å². The molecule has 4 rings (SSSR count). The quantitative estimate of drug-likeness (QED) is 0.634. The summed E-state index contributed by atoms with van der Waals surface area (Å²) in [5, 5.41) is 2.77. The van der Waals surface area contributed by atoms with Crippen LogP contribution in [-0.2, 0) is 15.0 Å². The Hall–Kier alpha value is -3.53. The van der Waals surface area contributed by atoms with E-state index in [1.165, 1.54) is 20.3 Å². The Labute approximate surface area is 192 Å². The Morgan fingerprint density at radius 2 is 1.73 bits per heavy atom. The second kappa shape index (κ2) is 9.14. The molecule has 0 bridgehead atoms. The molecule has 33 heavy (non-hydrogen) atoms. The molecule has 1 saturated carbocycles. The molecule has 1 fully saturated rings.